The molecular formula is C30H39N3OS. The normalized spacial score (nSPS) is 11.4. The highest BCUT2D eigenvalue weighted by atomic mass is 32.1. The van der Waals surface area contributed by atoms with Gasteiger partial charge in [0.25, 0.3) is 0 Å². The first-order valence-corrected chi connectivity index (χ1v) is 14.3. The van der Waals surface area contributed by atoms with Gasteiger partial charge in [-0.2, -0.15) is 5.10 Å². The second-order valence-electron chi connectivity index (χ2n) is 9.41. The van der Waals surface area contributed by atoms with Crippen LogP contribution in [-0.2, 0) is 6.42 Å². The van der Waals surface area contributed by atoms with Gasteiger partial charge in [-0.1, -0.05) is 101 Å². The number of hydrogen-bond acceptors (Lipinski definition) is 4. The van der Waals surface area contributed by atoms with Crippen molar-refractivity contribution < 1.29 is 4.74 Å². The Balaban J connectivity index is 1.26. The number of fused-ring (bicyclic) bond motifs is 1. The van der Waals surface area contributed by atoms with Crippen molar-refractivity contribution in [2.24, 2.45) is 0 Å². The van der Waals surface area contributed by atoms with Crippen molar-refractivity contribution in [1.29, 1.82) is 0 Å². The molecule has 2 heterocycles. The number of rotatable bonds is 15. The highest BCUT2D eigenvalue weighted by Crippen LogP contribution is 2.29. The van der Waals surface area contributed by atoms with Crippen molar-refractivity contribution in [2.45, 2.75) is 84.5 Å². The molecule has 0 unspecified atom stereocenters. The number of unbranched alkanes of at least 4 members (excludes halogenated alkanes) is 8. The van der Waals surface area contributed by atoms with E-state index in [1.807, 2.05) is 22.8 Å². The summed E-state index contributed by atoms with van der Waals surface area (Å²) in [6, 6.07) is 17.1. The second kappa shape index (κ2) is 13.4. The topological polar surface area (TPSA) is 39.4 Å². The molecule has 0 amide bonds. The summed E-state index contributed by atoms with van der Waals surface area (Å²) < 4.78 is 7.84. The quantitative estimate of drug-likeness (QED) is 0.156. The standard InChI is InChI=1S/C30H39N3OS/c1-3-5-7-8-9-10-11-12-22-34-27-20-18-25(19-21-27)28-23-33-30(31-28)35-29(32-33)26-16-14-24(15-17-26)13-6-4-2/h14-21,23H,3-13,22H2,1-2H3. The van der Waals surface area contributed by atoms with Gasteiger partial charge in [-0.25, -0.2) is 9.50 Å². The SMILES string of the molecule is CCCCCCCCCCOc1ccc(-c2cn3nc(-c4ccc(CCCC)cc4)sc3n2)cc1. The lowest BCUT2D eigenvalue weighted by Crippen LogP contribution is -1.97. The predicted molar refractivity (Wildman–Crippen MR) is 148 cm³/mol. The van der Waals surface area contributed by atoms with Crippen LogP contribution in [0.5, 0.6) is 5.75 Å². The average Bonchev–Trinajstić information content (AvgIpc) is 3.47. The highest BCUT2D eigenvalue weighted by molar-refractivity contribution is 7.19. The van der Waals surface area contributed by atoms with E-state index in [1.165, 1.54) is 63.4 Å². The first-order chi connectivity index (χ1) is 17.3. The molecule has 2 aromatic heterocycles. The molecule has 4 aromatic rings. The Morgan fingerprint density at radius 2 is 1.40 bits per heavy atom. The summed E-state index contributed by atoms with van der Waals surface area (Å²) in [6.07, 6.45) is 16.1. The van der Waals surface area contributed by atoms with Gasteiger partial charge in [-0.15, -0.1) is 0 Å². The molecule has 0 bridgehead atoms. The molecule has 0 aliphatic rings. The Morgan fingerprint density at radius 1 is 0.743 bits per heavy atom. The van der Waals surface area contributed by atoms with Gasteiger partial charge in [0, 0.05) is 11.1 Å². The molecule has 0 fully saturated rings. The van der Waals surface area contributed by atoms with E-state index in [1.54, 1.807) is 11.3 Å². The number of nitrogens with zero attached hydrogens (tertiary/aromatic N) is 3. The zero-order chi connectivity index (χ0) is 24.3. The molecule has 5 heteroatoms. The van der Waals surface area contributed by atoms with Crippen LogP contribution in [0.4, 0.5) is 0 Å². The minimum absolute atomic E-state index is 0.792. The van der Waals surface area contributed by atoms with E-state index in [2.05, 4.69) is 50.2 Å². The molecule has 0 aliphatic carbocycles. The van der Waals surface area contributed by atoms with Crippen LogP contribution in [0.25, 0.3) is 26.8 Å². The van der Waals surface area contributed by atoms with Gasteiger partial charge in [0.15, 0.2) is 0 Å². The molecule has 0 aliphatic heterocycles. The Morgan fingerprint density at radius 3 is 2.09 bits per heavy atom. The van der Waals surface area contributed by atoms with E-state index in [4.69, 9.17) is 14.8 Å². The van der Waals surface area contributed by atoms with Crippen molar-refractivity contribution in [1.82, 2.24) is 14.6 Å². The molecule has 0 atom stereocenters. The van der Waals surface area contributed by atoms with Gasteiger partial charge in [-0.05, 0) is 49.1 Å². The Bertz CT molecular complexity index is 1110. The summed E-state index contributed by atoms with van der Waals surface area (Å²) in [6.45, 7) is 5.29. The fourth-order valence-electron chi connectivity index (χ4n) is 4.30. The van der Waals surface area contributed by atoms with Crippen LogP contribution in [0.3, 0.4) is 0 Å². The van der Waals surface area contributed by atoms with Crippen LogP contribution in [0, 0.1) is 0 Å². The molecular weight excluding hydrogens is 450 g/mol. The fraction of sp³-hybridized carbons (Fsp3) is 0.467. The molecule has 0 N–H and O–H groups in total. The second-order valence-corrected chi connectivity index (χ2v) is 10.4. The predicted octanol–water partition coefficient (Wildman–Crippen LogP) is 8.99. The monoisotopic (exact) mass is 489 g/mol. The first kappa shape index (κ1) is 25.4. The zero-order valence-electron chi connectivity index (χ0n) is 21.3. The lowest BCUT2D eigenvalue weighted by molar-refractivity contribution is 0.304. The average molecular weight is 490 g/mol. The zero-order valence-corrected chi connectivity index (χ0v) is 22.2. The van der Waals surface area contributed by atoms with Gasteiger partial charge in [0.05, 0.1) is 18.5 Å². The summed E-state index contributed by atoms with van der Waals surface area (Å²) in [7, 11) is 0. The maximum atomic E-state index is 5.94. The first-order valence-electron chi connectivity index (χ1n) is 13.5. The van der Waals surface area contributed by atoms with Gasteiger partial charge in [0.1, 0.15) is 10.8 Å². The molecule has 4 rings (SSSR count). The molecule has 0 spiro atoms. The van der Waals surface area contributed by atoms with E-state index >= 15 is 0 Å². The molecule has 2 aromatic carbocycles. The van der Waals surface area contributed by atoms with Crippen LogP contribution in [0.15, 0.2) is 54.7 Å². The van der Waals surface area contributed by atoms with Crippen LogP contribution >= 0.6 is 11.3 Å². The molecule has 4 nitrogen and oxygen atoms in total. The summed E-state index contributed by atoms with van der Waals surface area (Å²) >= 11 is 1.63. The third kappa shape index (κ3) is 7.41. The minimum Gasteiger partial charge on any atom is -0.494 e. The number of aromatic nitrogens is 3. The largest absolute Gasteiger partial charge is 0.494 e. The van der Waals surface area contributed by atoms with Crippen molar-refractivity contribution >= 4 is 16.3 Å². The third-order valence-electron chi connectivity index (χ3n) is 6.48. The maximum absolute atomic E-state index is 5.94. The number of imidazole rings is 1. The van der Waals surface area contributed by atoms with Gasteiger partial charge >= 0.3 is 0 Å². The van der Waals surface area contributed by atoms with Crippen molar-refractivity contribution in [3.8, 4) is 27.6 Å². The van der Waals surface area contributed by atoms with Crippen LogP contribution in [0.1, 0.15) is 83.6 Å². The van der Waals surface area contributed by atoms with Crippen LogP contribution in [0.2, 0.25) is 0 Å². The van der Waals surface area contributed by atoms with E-state index in [0.29, 0.717) is 0 Å². The Hall–Kier alpha value is -2.66. The molecule has 0 saturated carbocycles. The lowest BCUT2D eigenvalue weighted by Gasteiger charge is -2.07. The Kier molecular flexibility index (Phi) is 9.76. The molecule has 35 heavy (non-hydrogen) atoms. The van der Waals surface area contributed by atoms with Gasteiger partial charge < -0.3 is 4.74 Å². The van der Waals surface area contributed by atoms with Gasteiger partial charge in [-0.3, -0.25) is 0 Å². The highest BCUT2D eigenvalue weighted by Gasteiger charge is 2.11. The summed E-state index contributed by atoms with van der Waals surface area (Å²) in [4.78, 5) is 5.73. The molecule has 0 radical (unpaired) electrons. The van der Waals surface area contributed by atoms with E-state index in [0.717, 1.165) is 52.0 Å². The third-order valence-corrected chi connectivity index (χ3v) is 7.45. The molecule has 0 saturated heterocycles. The number of aryl methyl sites for hydroxylation is 1. The number of hydrogen-bond donors (Lipinski definition) is 0. The van der Waals surface area contributed by atoms with Gasteiger partial charge in [0.2, 0.25) is 4.96 Å². The lowest BCUT2D eigenvalue weighted by atomic mass is 10.1. The van der Waals surface area contributed by atoms with Crippen molar-refractivity contribution in [3.63, 3.8) is 0 Å². The maximum Gasteiger partial charge on any atom is 0.213 e. The van der Waals surface area contributed by atoms with E-state index in [-0.39, 0.29) is 0 Å². The Labute approximate surface area is 214 Å². The summed E-state index contributed by atoms with van der Waals surface area (Å²) in [5.74, 6) is 0.931. The fourth-order valence-corrected chi connectivity index (χ4v) is 5.19. The summed E-state index contributed by atoms with van der Waals surface area (Å²) in [5.41, 5.74) is 4.58. The minimum atomic E-state index is 0.792. The number of benzene rings is 2. The van der Waals surface area contributed by atoms with E-state index in [9.17, 15) is 0 Å². The molecule has 186 valence electrons. The van der Waals surface area contributed by atoms with E-state index < -0.39 is 0 Å². The van der Waals surface area contributed by atoms with Crippen LogP contribution < -0.4 is 4.74 Å². The van der Waals surface area contributed by atoms with Crippen molar-refractivity contribution in [3.05, 3.63) is 60.3 Å². The van der Waals surface area contributed by atoms with Crippen LogP contribution in [-0.4, -0.2) is 21.2 Å². The number of ether oxygens (including phenoxy) is 1. The van der Waals surface area contributed by atoms with Crippen molar-refractivity contribution in [2.75, 3.05) is 6.61 Å². The smallest absolute Gasteiger partial charge is 0.213 e. The summed E-state index contributed by atoms with van der Waals surface area (Å²) in [5, 5.41) is 5.78.